The minimum Gasteiger partial charge on any atom is -0.340 e. The van der Waals surface area contributed by atoms with Crippen molar-refractivity contribution in [2.75, 3.05) is 12.9 Å². The maximum Gasteiger partial charge on any atom is 0.235 e. The van der Waals surface area contributed by atoms with Crippen molar-refractivity contribution in [1.82, 2.24) is 19.8 Å². The summed E-state index contributed by atoms with van der Waals surface area (Å²) in [6, 6.07) is 13.4. The van der Waals surface area contributed by atoms with Crippen LogP contribution in [0.2, 0.25) is 5.02 Å². The van der Waals surface area contributed by atoms with Gasteiger partial charge in [-0.3, -0.25) is 4.79 Å². The second-order valence-corrected chi connectivity index (χ2v) is 7.96. The lowest BCUT2D eigenvalue weighted by Gasteiger charge is -2.21. The van der Waals surface area contributed by atoms with Gasteiger partial charge in [0.25, 0.3) is 0 Å². The van der Waals surface area contributed by atoms with Gasteiger partial charge in [0.2, 0.25) is 11.1 Å². The summed E-state index contributed by atoms with van der Waals surface area (Å²) in [6.45, 7) is 2.07. The van der Waals surface area contributed by atoms with E-state index in [0.29, 0.717) is 28.1 Å². The van der Waals surface area contributed by atoms with Gasteiger partial charge in [-0.05, 0) is 36.8 Å². The molecule has 3 rings (SSSR count). The van der Waals surface area contributed by atoms with Crippen molar-refractivity contribution in [3.8, 4) is 11.4 Å². The van der Waals surface area contributed by atoms with Crippen molar-refractivity contribution < 1.29 is 9.18 Å². The first kappa shape index (κ1) is 20.2. The predicted octanol–water partition coefficient (Wildman–Crippen LogP) is 3.59. The summed E-state index contributed by atoms with van der Waals surface area (Å²) < 4.78 is 14.7. The predicted molar refractivity (Wildman–Crippen MR) is 109 cm³/mol. The van der Waals surface area contributed by atoms with Gasteiger partial charge in [0.1, 0.15) is 5.82 Å². The fourth-order valence-electron chi connectivity index (χ4n) is 2.69. The van der Waals surface area contributed by atoms with Crippen LogP contribution in [-0.2, 0) is 11.3 Å². The van der Waals surface area contributed by atoms with E-state index in [1.807, 2.05) is 12.1 Å². The van der Waals surface area contributed by atoms with Gasteiger partial charge in [0.15, 0.2) is 5.82 Å². The standard InChI is InChI=1S/C19H19ClFN5OS/c1-12(18(27)25(2)11-13-6-5-7-14(21)10-13)28-19-24-23-17(26(19)22)15-8-3-4-9-16(15)20/h3-10,12H,11,22H2,1-2H3. The van der Waals surface area contributed by atoms with Gasteiger partial charge in [-0.1, -0.05) is 47.6 Å². The molecule has 0 saturated heterocycles. The number of hydrogen-bond acceptors (Lipinski definition) is 5. The summed E-state index contributed by atoms with van der Waals surface area (Å²) in [5.74, 6) is 6.07. The zero-order valence-corrected chi connectivity index (χ0v) is 16.9. The summed E-state index contributed by atoms with van der Waals surface area (Å²) in [5, 5.41) is 8.63. The molecule has 0 aliphatic rings. The first-order valence-electron chi connectivity index (χ1n) is 8.48. The number of benzene rings is 2. The summed E-state index contributed by atoms with van der Waals surface area (Å²) in [5.41, 5.74) is 1.38. The van der Waals surface area contributed by atoms with E-state index in [9.17, 15) is 9.18 Å². The molecule has 0 aliphatic carbocycles. The molecule has 0 fully saturated rings. The number of rotatable bonds is 6. The molecular weight excluding hydrogens is 401 g/mol. The Balaban J connectivity index is 1.70. The molecular formula is C19H19ClFN5OS. The normalized spacial score (nSPS) is 12.0. The number of nitrogens with two attached hydrogens (primary N) is 1. The first-order chi connectivity index (χ1) is 13.4. The number of nitrogen functional groups attached to an aromatic ring is 1. The molecule has 6 nitrogen and oxygen atoms in total. The Morgan fingerprint density at radius 3 is 2.75 bits per heavy atom. The molecule has 1 atom stereocenters. The van der Waals surface area contributed by atoms with Crippen LogP contribution in [0.25, 0.3) is 11.4 Å². The molecule has 2 aromatic carbocycles. The molecule has 0 radical (unpaired) electrons. The molecule has 1 heterocycles. The van der Waals surface area contributed by atoms with Crippen LogP contribution in [0.3, 0.4) is 0 Å². The fraction of sp³-hybridized carbons (Fsp3) is 0.211. The molecule has 1 amide bonds. The van der Waals surface area contributed by atoms with Gasteiger partial charge in [0, 0.05) is 19.2 Å². The van der Waals surface area contributed by atoms with Gasteiger partial charge in [-0.2, -0.15) is 0 Å². The number of carbonyl (C=O) groups excluding carboxylic acids is 1. The number of carbonyl (C=O) groups is 1. The van der Waals surface area contributed by atoms with Crippen molar-refractivity contribution in [1.29, 1.82) is 0 Å². The first-order valence-corrected chi connectivity index (χ1v) is 9.74. The highest BCUT2D eigenvalue weighted by Gasteiger charge is 2.23. The lowest BCUT2D eigenvalue weighted by molar-refractivity contribution is -0.129. The molecule has 1 unspecified atom stereocenters. The van der Waals surface area contributed by atoms with E-state index in [-0.39, 0.29) is 11.7 Å². The minimum atomic E-state index is -0.454. The molecule has 0 saturated carbocycles. The van der Waals surface area contributed by atoms with Gasteiger partial charge in [-0.15, -0.1) is 10.2 Å². The number of thioether (sulfide) groups is 1. The van der Waals surface area contributed by atoms with Crippen molar-refractivity contribution in [3.05, 3.63) is 64.9 Å². The van der Waals surface area contributed by atoms with E-state index in [1.54, 1.807) is 43.1 Å². The van der Waals surface area contributed by atoms with Gasteiger partial charge >= 0.3 is 0 Å². The smallest absolute Gasteiger partial charge is 0.235 e. The monoisotopic (exact) mass is 419 g/mol. The Labute approximate surface area is 171 Å². The molecule has 9 heteroatoms. The Hall–Kier alpha value is -2.58. The molecule has 0 spiro atoms. The van der Waals surface area contributed by atoms with Crippen LogP contribution in [0.1, 0.15) is 12.5 Å². The van der Waals surface area contributed by atoms with Crippen LogP contribution in [0.5, 0.6) is 0 Å². The van der Waals surface area contributed by atoms with Crippen molar-refractivity contribution in [2.24, 2.45) is 0 Å². The van der Waals surface area contributed by atoms with E-state index in [4.69, 9.17) is 17.4 Å². The highest BCUT2D eigenvalue weighted by atomic mass is 35.5. The quantitative estimate of drug-likeness (QED) is 0.488. The van der Waals surface area contributed by atoms with Crippen LogP contribution in [0, 0.1) is 5.82 Å². The number of nitrogens with zero attached hydrogens (tertiary/aromatic N) is 4. The number of hydrogen-bond donors (Lipinski definition) is 1. The highest BCUT2D eigenvalue weighted by Crippen LogP contribution is 2.29. The van der Waals surface area contributed by atoms with Crippen LogP contribution in [0.15, 0.2) is 53.7 Å². The zero-order valence-electron chi connectivity index (χ0n) is 15.3. The maximum absolute atomic E-state index is 13.3. The molecule has 3 aromatic rings. The molecule has 0 bridgehead atoms. The summed E-state index contributed by atoms with van der Waals surface area (Å²) >= 11 is 7.39. The Kier molecular flexibility index (Phi) is 6.21. The van der Waals surface area contributed by atoms with E-state index in [2.05, 4.69) is 10.2 Å². The van der Waals surface area contributed by atoms with Crippen molar-refractivity contribution in [3.63, 3.8) is 0 Å². The van der Waals surface area contributed by atoms with Crippen molar-refractivity contribution >= 4 is 29.3 Å². The average Bonchev–Trinajstić information content (AvgIpc) is 3.01. The fourth-order valence-corrected chi connectivity index (χ4v) is 3.79. The SMILES string of the molecule is CC(Sc1nnc(-c2ccccc2Cl)n1N)C(=O)N(C)Cc1cccc(F)c1. The Bertz CT molecular complexity index is 996. The third kappa shape index (κ3) is 4.45. The summed E-state index contributed by atoms with van der Waals surface area (Å²) in [4.78, 5) is 14.2. The number of aromatic nitrogens is 3. The summed E-state index contributed by atoms with van der Waals surface area (Å²) in [7, 11) is 1.67. The molecule has 1 aromatic heterocycles. The number of halogens is 2. The van der Waals surface area contributed by atoms with Crippen molar-refractivity contribution in [2.45, 2.75) is 23.9 Å². The number of amides is 1. The van der Waals surface area contributed by atoms with E-state index >= 15 is 0 Å². The lowest BCUT2D eigenvalue weighted by Crippen LogP contribution is -2.33. The molecule has 28 heavy (non-hydrogen) atoms. The molecule has 0 aliphatic heterocycles. The van der Waals surface area contributed by atoms with Gasteiger partial charge < -0.3 is 10.7 Å². The minimum absolute atomic E-state index is 0.128. The molecule has 2 N–H and O–H groups in total. The third-order valence-corrected chi connectivity index (χ3v) is 5.47. The van der Waals surface area contributed by atoms with Crippen LogP contribution in [0.4, 0.5) is 4.39 Å². The topological polar surface area (TPSA) is 77.0 Å². The van der Waals surface area contributed by atoms with Crippen LogP contribution >= 0.6 is 23.4 Å². The van der Waals surface area contributed by atoms with Crippen LogP contribution < -0.4 is 5.84 Å². The van der Waals surface area contributed by atoms with Gasteiger partial charge in [0.05, 0.1) is 10.3 Å². The lowest BCUT2D eigenvalue weighted by atomic mass is 10.2. The van der Waals surface area contributed by atoms with E-state index < -0.39 is 5.25 Å². The van der Waals surface area contributed by atoms with E-state index in [1.165, 1.54) is 28.6 Å². The highest BCUT2D eigenvalue weighted by molar-refractivity contribution is 8.00. The van der Waals surface area contributed by atoms with E-state index in [0.717, 1.165) is 5.56 Å². The third-order valence-electron chi connectivity index (χ3n) is 4.09. The molecule has 146 valence electrons. The Morgan fingerprint density at radius 2 is 2.04 bits per heavy atom. The summed E-state index contributed by atoms with van der Waals surface area (Å²) in [6.07, 6.45) is 0. The maximum atomic E-state index is 13.3. The van der Waals surface area contributed by atoms with Crippen LogP contribution in [-0.4, -0.2) is 38.0 Å². The second-order valence-electron chi connectivity index (χ2n) is 6.24. The van der Waals surface area contributed by atoms with Gasteiger partial charge in [-0.25, -0.2) is 9.07 Å². The Morgan fingerprint density at radius 1 is 1.29 bits per heavy atom. The largest absolute Gasteiger partial charge is 0.340 e. The average molecular weight is 420 g/mol. The zero-order chi connectivity index (χ0) is 20.3. The second kappa shape index (κ2) is 8.62.